The smallest absolute Gasteiger partial charge is 0.104 e. The van der Waals surface area contributed by atoms with E-state index in [4.69, 9.17) is 0 Å². The molecule has 0 N–H and O–H groups in total. The fourth-order valence-electron chi connectivity index (χ4n) is 4.19. The Kier molecular flexibility index (Phi) is 10.7. The number of rotatable bonds is 11. The minimum absolute atomic E-state index is 0. The van der Waals surface area contributed by atoms with E-state index >= 15 is 0 Å². The Bertz CT molecular complexity index is 834. The number of nitrogens with zero attached hydrogens (tertiary/aromatic N) is 1. The molecule has 0 aliphatic carbocycles. The molecule has 3 rings (SSSR count). The quantitative estimate of drug-likeness (QED) is 0.309. The first-order valence-corrected chi connectivity index (χ1v) is 12.8. The molecule has 0 saturated carbocycles. The van der Waals surface area contributed by atoms with Crippen LogP contribution in [0.3, 0.4) is 0 Å². The molecular weight excluding hydrogens is 417 g/mol. The van der Waals surface area contributed by atoms with Crippen molar-refractivity contribution in [1.82, 2.24) is 0 Å². The summed E-state index contributed by atoms with van der Waals surface area (Å²) in [5.74, 6) is 0. The van der Waals surface area contributed by atoms with Crippen LogP contribution in [0.4, 0.5) is 0 Å². The minimum Gasteiger partial charge on any atom is -1.00 e. The first-order valence-electron chi connectivity index (χ1n) is 11.5. The number of quaternary nitrogens is 1. The molecule has 0 aliphatic heterocycles. The van der Waals surface area contributed by atoms with Crippen molar-refractivity contribution < 1.29 is 16.9 Å². The first kappa shape index (κ1) is 25.6. The number of hydrogen-bond donors (Lipinski definition) is 0. The lowest BCUT2D eigenvalue weighted by molar-refractivity contribution is -0.923. The zero-order valence-electron chi connectivity index (χ0n) is 19.3. The highest BCUT2D eigenvalue weighted by Gasteiger charge is 2.22. The number of benzene rings is 3. The van der Waals surface area contributed by atoms with Gasteiger partial charge < -0.3 is 16.9 Å². The third-order valence-electron chi connectivity index (χ3n) is 5.86. The Hall–Kier alpha value is -1.66. The normalized spacial score (nSPS) is 11.4. The molecule has 3 heteroatoms. The zero-order valence-corrected chi connectivity index (χ0v) is 21.0. The number of unbranched alkanes of at least 4 members (excludes halogenated alkanes) is 2. The van der Waals surface area contributed by atoms with Gasteiger partial charge in [-0.3, -0.25) is 0 Å². The zero-order chi connectivity index (χ0) is 21.2. The van der Waals surface area contributed by atoms with Gasteiger partial charge in [-0.2, -0.15) is 0 Å². The van der Waals surface area contributed by atoms with E-state index in [2.05, 4.69) is 106 Å². The second-order valence-electron chi connectivity index (χ2n) is 8.61. The van der Waals surface area contributed by atoms with Crippen LogP contribution in [0.25, 0.3) is 0 Å². The molecule has 31 heavy (non-hydrogen) atoms. The van der Waals surface area contributed by atoms with Crippen molar-refractivity contribution in [1.29, 1.82) is 0 Å². The summed E-state index contributed by atoms with van der Waals surface area (Å²) in [5.41, 5.74) is 1.47. The number of halogens is 1. The molecule has 0 atom stereocenters. The topological polar surface area (TPSA) is 0 Å². The van der Waals surface area contributed by atoms with Gasteiger partial charge in [-0.05, 0) is 42.7 Å². The van der Waals surface area contributed by atoms with E-state index in [9.17, 15) is 0 Å². The van der Waals surface area contributed by atoms with Crippen molar-refractivity contribution in [2.24, 2.45) is 0 Å². The average molecular weight is 454 g/mol. The molecule has 0 bridgehead atoms. The Morgan fingerprint density at radius 1 is 0.645 bits per heavy atom. The Morgan fingerprint density at radius 3 is 1.61 bits per heavy atom. The van der Waals surface area contributed by atoms with Crippen LogP contribution in [0.5, 0.6) is 0 Å². The van der Waals surface area contributed by atoms with Crippen LogP contribution in [0.2, 0.25) is 0 Å². The van der Waals surface area contributed by atoms with Crippen LogP contribution in [0, 0.1) is 0 Å². The lowest BCUT2D eigenvalue weighted by Gasteiger charge is -2.35. The maximum Gasteiger partial charge on any atom is 0.104 e. The highest BCUT2D eigenvalue weighted by atomic mass is 35.5. The standard InChI is InChI=1S/C28H37NP.ClH/c1-4-6-21-29(3,22-7-5-2)24-25-15-14-20-28(23-25)30(26-16-10-8-11-17-26)27-18-12-9-13-19-27;/h8-20,23H,4-7,21-22,24H2,1-3H3;1H/q+1;/p-1. The second-order valence-corrected chi connectivity index (χ2v) is 10.8. The van der Waals surface area contributed by atoms with Crippen molar-refractivity contribution in [3.63, 3.8) is 0 Å². The van der Waals surface area contributed by atoms with Crippen LogP contribution in [-0.4, -0.2) is 24.6 Å². The fourth-order valence-corrected chi connectivity index (χ4v) is 6.55. The summed E-state index contributed by atoms with van der Waals surface area (Å²) < 4.78 is 1.15. The minimum atomic E-state index is -0.533. The van der Waals surface area contributed by atoms with Crippen molar-refractivity contribution >= 4 is 23.8 Å². The summed E-state index contributed by atoms with van der Waals surface area (Å²) in [7, 11) is 1.92. The lowest BCUT2D eigenvalue weighted by atomic mass is 10.1. The largest absolute Gasteiger partial charge is 1.00 e. The predicted octanol–water partition coefficient (Wildman–Crippen LogP) is 3.00. The SMILES string of the molecule is CCCC[N+](C)(CCCC)Cc1cccc(P(c2ccccc2)c2ccccc2)c1.[Cl-]. The van der Waals surface area contributed by atoms with Gasteiger partial charge in [0.15, 0.2) is 0 Å². The molecule has 0 unspecified atom stereocenters. The summed E-state index contributed by atoms with van der Waals surface area (Å²) in [6, 6.07) is 31.5. The molecule has 0 fully saturated rings. The molecule has 0 heterocycles. The van der Waals surface area contributed by atoms with E-state index in [1.54, 1.807) is 0 Å². The van der Waals surface area contributed by atoms with Gasteiger partial charge in [0.1, 0.15) is 6.54 Å². The summed E-state index contributed by atoms with van der Waals surface area (Å²) in [5, 5.41) is 4.30. The van der Waals surface area contributed by atoms with Gasteiger partial charge >= 0.3 is 0 Å². The van der Waals surface area contributed by atoms with Gasteiger partial charge in [-0.15, -0.1) is 0 Å². The summed E-state index contributed by atoms with van der Waals surface area (Å²) in [4.78, 5) is 0. The third-order valence-corrected chi connectivity index (χ3v) is 8.29. The molecule has 1 nitrogen and oxygen atoms in total. The molecule has 3 aromatic carbocycles. The van der Waals surface area contributed by atoms with E-state index in [-0.39, 0.29) is 12.4 Å². The Balaban J connectivity index is 0.00000341. The monoisotopic (exact) mass is 453 g/mol. The molecule has 0 aliphatic rings. The van der Waals surface area contributed by atoms with Gasteiger partial charge in [-0.25, -0.2) is 0 Å². The number of hydrogen-bond acceptors (Lipinski definition) is 0. The summed E-state index contributed by atoms with van der Waals surface area (Å²) >= 11 is 0. The Morgan fingerprint density at radius 2 is 1.13 bits per heavy atom. The molecule has 0 radical (unpaired) electrons. The summed E-state index contributed by atoms with van der Waals surface area (Å²) in [6.07, 6.45) is 5.15. The molecule has 0 aromatic heterocycles. The van der Waals surface area contributed by atoms with Crippen molar-refractivity contribution in [2.75, 3.05) is 20.1 Å². The van der Waals surface area contributed by atoms with Crippen LogP contribution in [-0.2, 0) is 6.54 Å². The predicted molar refractivity (Wildman–Crippen MR) is 135 cm³/mol. The Labute approximate surface area is 197 Å². The molecule has 0 saturated heterocycles. The van der Waals surface area contributed by atoms with E-state index in [0.29, 0.717) is 0 Å². The van der Waals surface area contributed by atoms with Crippen LogP contribution >= 0.6 is 7.92 Å². The van der Waals surface area contributed by atoms with Gasteiger partial charge in [0, 0.05) is 5.56 Å². The van der Waals surface area contributed by atoms with E-state index in [1.807, 2.05) is 0 Å². The highest BCUT2D eigenvalue weighted by molar-refractivity contribution is 7.79. The van der Waals surface area contributed by atoms with E-state index < -0.39 is 7.92 Å². The van der Waals surface area contributed by atoms with Crippen molar-refractivity contribution in [3.05, 3.63) is 90.5 Å². The van der Waals surface area contributed by atoms with Crippen LogP contribution < -0.4 is 28.3 Å². The molecule has 0 amide bonds. The highest BCUT2D eigenvalue weighted by Crippen LogP contribution is 2.33. The molecule has 0 spiro atoms. The average Bonchev–Trinajstić information content (AvgIpc) is 2.78. The van der Waals surface area contributed by atoms with Gasteiger partial charge in [0.25, 0.3) is 0 Å². The maximum absolute atomic E-state index is 2.49. The maximum atomic E-state index is 2.49. The van der Waals surface area contributed by atoms with Crippen molar-refractivity contribution in [3.8, 4) is 0 Å². The van der Waals surface area contributed by atoms with E-state index in [1.165, 1.54) is 60.2 Å². The first-order chi connectivity index (χ1) is 14.6. The van der Waals surface area contributed by atoms with Gasteiger partial charge in [0.2, 0.25) is 0 Å². The van der Waals surface area contributed by atoms with Crippen LogP contribution in [0.15, 0.2) is 84.9 Å². The molecule has 166 valence electrons. The van der Waals surface area contributed by atoms with Gasteiger partial charge in [0.05, 0.1) is 20.1 Å². The van der Waals surface area contributed by atoms with E-state index in [0.717, 1.165) is 11.0 Å². The summed E-state index contributed by atoms with van der Waals surface area (Å²) in [6.45, 7) is 8.27. The van der Waals surface area contributed by atoms with Crippen LogP contribution in [0.1, 0.15) is 45.1 Å². The fraction of sp³-hybridized carbons (Fsp3) is 0.357. The third kappa shape index (κ3) is 7.46. The second kappa shape index (κ2) is 13.0. The van der Waals surface area contributed by atoms with Gasteiger partial charge in [-0.1, -0.05) is 106 Å². The molecular formula is C28H37ClNP. The lowest BCUT2D eigenvalue weighted by Crippen LogP contribution is -3.00. The van der Waals surface area contributed by atoms with Crippen molar-refractivity contribution in [2.45, 2.75) is 46.1 Å². The molecule has 3 aromatic rings.